The highest BCUT2D eigenvalue weighted by Crippen LogP contribution is 2.14. The Hall–Kier alpha value is -2.53. The van der Waals surface area contributed by atoms with Crippen LogP contribution in [0.2, 0.25) is 0 Å². The van der Waals surface area contributed by atoms with Crippen LogP contribution in [0.15, 0.2) is 53.4 Å². The molecule has 0 aliphatic rings. The van der Waals surface area contributed by atoms with Crippen LogP contribution in [0.1, 0.15) is 10.4 Å². The number of benzene rings is 2. The minimum atomic E-state index is -3.76. The Labute approximate surface area is 162 Å². The second-order valence-corrected chi connectivity index (χ2v) is 7.31. The molecule has 2 aromatic carbocycles. The van der Waals surface area contributed by atoms with Gasteiger partial charge >= 0.3 is 0 Å². The summed E-state index contributed by atoms with van der Waals surface area (Å²) in [6, 6.07) is 12.2. The molecule has 0 aliphatic carbocycles. The molecule has 0 heterocycles. The first kappa shape index (κ1) is 20.8. The molecule has 2 aromatic rings. The van der Waals surface area contributed by atoms with E-state index in [1.165, 1.54) is 24.3 Å². The molecule has 0 unspecified atom stereocenters. The van der Waals surface area contributed by atoms with Crippen LogP contribution in [0.25, 0.3) is 0 Å². The maximum Gasteiger partial charge on any atom is 0.257 e. The summed E-state index contributed by atoms with van der Waals surface area (Å²) in [5.41, 5.74) is 0.914. The summed E-state index contributed by atoms with van der Waals surface area (Å²) in [4.78, 5) is 12.2. The van der Waals surface area contributed by atoms with Crippen molar-refractivity contribution in [3.8, 4) is 5.75 Å². The summed E-state index contributed by atoms with van der Waals surface area (Å²) in [5.74, 6) is 0.233. The van der Waals surface area contributed by atoms with Crippen LogP contribution in [0.3, 0.4) is 0 Å². The van der Waals surface area contributed by atoms with Crippen LogP contribution in [0.5, 0.6) is 5.75 Å². The number of carbonyl (C=O) groups excluding carboxylic acids is 1. The fourth-order valence-electron chi connectivity index (χ4n) is 2.01. The highest BCUT2D eigenvalue weighted by Gasteiger charge is 2.10. The quantitative estimate of drug-likeness (QED) is 0.468. The van der Waals surface area contributed by atoms with Crippen molar-refractivity contribution >= 4 is 38.9 Å². The zero-order chi connectivity index (χ0) is 19.9. The van der Waals surface area contributed by atoms with Crippen molar-refractivity contribution in [3.05, 3.63) is 54.1 Å². The highest BCUT2D eigenvalue weighted by atomic mass is 32.2. The van der Waals surface area contributed by atoms with Crippen LogP contribution in [0.4, 0.5) is 5.69 Å². The van der Waals surface area contributed by atoms with Gasteiger partial charge in [0.15, 0.2) is 5.11 Å². The maximum atomic E-state index is 12.2. The highest BCUT2D eigenvalue weighted by molar-refractivity contribution is 7.89. The normalized spacial score (nSPS) is 10.9. The number of nitrogens with two attached hydrogens (primary N) is 1. The van der Waals surface area contributed by atoms with Gasteiger partial charge in [0, 0.05) is 18.4 Å². The first-order valence-corrected chi connectivity index (χ1v) is 9.72. The van der Waals surface area contributed by atoms with Crippen LogP contribution in [-0.2, 0) is 14.8 Å². The largest absolute Gasteiger partial charge is 0.491 e. The second-order valence-electron chi connectivity index (χ2n) is 5.34. The Morgan fingerprint density at radius 3 is 2.26 bits per heavy atom. The molecule has 0 atom stereocenters. The SMILES string of the molecule is COCCOc1ccc(C(=O)NC(=S)Nc2ccc(S(N)(=O)=O)cc2)cc1. The molecule has 0 bridgehead atoms. The van der Waals surface area contributed by atoms with E-state index in [2.05, 4.69) is 10.6 Å². The number of methoxy groups -OCH3 is 1. The molecule has 2 rings (SSSR count). The molecule has 0 aliphatic heterocycles. The number of amides is 1. The predicted molar refractivity (Wildman–Crippen MR) is 105 cm³/mol. The summed E-state index contributed by atoms with van der Waals surface area (Å²) in [5, 5.41) is 10.4. The molecule has 0 saturated carbocycles. The summed E-state index contributed by atoms with van der Waals surface area (Å²) < 4.78 is 32.8. The average molecular weight is 409 g/mol. The first-order valence-electron chi connectivity index (χ1n) is 7.76. The van der Waals surface area contributed by atoms with Gasteiger partial charge in [-0.1, -0.05) is 0 Å². The molecule has 0 fully saturated rings. The lowest BCUT2D eigenvalue weighted by Crippen LogP contribution is -2.34. The third-order valence-corrected chi connectivity index (χ3v) is 4.47. The fraction of sp³-hybridized carbons (Fsp3) is 0.176. The van der Waals surface area contributed by atoms with E-state index in [-0.39, 0.29) is 10.0 Å². The Kier molecular flexibility index (Phi) is 7.25. The van der Waals surface area contributed by atoms with Gasteiger partial charge in [-0.2, -0.15) is 0 Å². The van der Waals surface area contributed by atoms with E-state index in [1.54, 1.807) is 31.4 Å². The molecule has 0 saturated heterocycles. The molecular formula is C17H19N3O5S2. The minimum Gasteiger partial charge on any atom is -0.491 e. The fourth-order valence-corrected chi connectivity index (χ4v) is 2.74. The number of ether oxygens (including phenoxy) is 2. The summed E-state index contributed by atoms with van der Waals surface area (Å²) in [7, 11) is -2.18. The molecule has 144 valence electrons. The van der Waals surface area contributed by atoms with E-state index in [9.17, 15) is 13.2 Å². The van der Waals surface area contributed by atoms with E-state index >= 15 is 0 Å². The van der Waals surface area contributed by atoms with Crippen molar-refractivity contribution in [3.63, 3.8) is 0 Å². The number of hydrogen-bond acceptors (Lipinski definition) is 6. The summed E-state index contributed by atoms with van der Waals surface area (Å²) in [6.07, 6.45) is 0. The van der Waals surface area contributed by atoms with Gasteiger partial charge in [0.1, 0.15) is 12.4 Å². The van der Waals surface area contributed by atoms with Crippen molar-refractivity contribution < 1.29 is 22.7 Å². The van der Waals surface area contributed by atoms with Crippen LogP contribution in [0, 0.1) is 0 Å². The Morgan fingerprint density at radius 2 is 1.70 bits per heavy atom. The molecule has 4 N–H and O–H groups in total. The Balaban J connectivity index is 1.90. The van der Waals surface area contributed by atoms with E-state index < -0.39 is 15.9 Å². The number of rotatable bonds is 7. The number of thiocarbonyl (C=S) groups is 1. The Morgan fingerprint density at radius 1 is 1.07 bits per heavy atom. The van der Waals surface area contributed by atoms with Gasteiger partial charge < -0.3 is 14.8 Å². The number of primary sulfonamides is 1. The maximum absolute atomic E-state index is 12.2. The van der Waals surface area contributed by atoms with Crippen molar-refractivity contribution in [1.82, 2.24) is 5.32 Å². The first-order chi connectivity index (χ1) is 12.8. The van der Waals surface area contributed by atoms with Gasteiger partial charge in [-0.3, -0.25) is 10.1 Å². The minimum absolute atomic E-state index is 0.0178. The van der Waals surface area contributed by atoms with Crippen LogP contribution in [-0.4, -0.2) is 39.8 Å². The molecular weight excluding hydrogens is 390 g/mol. The molecule has 0 radical (unpaired) electrons. The van der Waals surface area contributed by atoms with Crippen molar-refractivity contribution in [2.45, 2.75) is 4.90 Å². The lowest BCUT2D eigenvalue weighted by Gasteiger charge is -2.10. The molecule has 10 heteroatoms. The monoisotopic (exact) mass is 409 g/mol. The topological polar surface area (TPSA) is 120 Å². The number of anilines is 1. The van der Waals surface area contributed by atoms with Gasteiger partial charge in [-0.15, -0.1) is 0 Å². The Bertz CT molecular complexity index is 897. The number of sulfonamides is 1. The van der Waals surface area contributed by atoms with Gasteiger partial charge in [-0.25, -0.2) is 13.6 Å². The summed E-state index contributed by atoms with van der Waals surface area (Å²) >= 11 is 5.09. The van der Waals surface area contributed by atoms with Gasteiger partial charge in [0.25, 0.3) is 5.91 Å². The van der Waals surface area contributed by atoms with E-state index in [1.807, 2.05) is 0 Å². The zero-order valence-electron chi connectivity index (χ0n) is 14.5. The second kappa shape index (κ2) is 9.42. The van der Waals surface area contributed by atoms with Gasteiger partial charge in [0.2, 0.25) is 10.0 Å². The van der Waals surface area contributed by atoms with Crippen LogP contribution >= 0.6 is 12.2 Å². The lowest BCUT2D eigenvalue weighted by atomic mass is 10.2. The van der Waals surface area contributed by atoms with Crippen molar-refractivity contribution in [2.24, 2.45) is 5.14 Å². The molecule has 0 aromatic heterocycles. The number of carbonyl (C=O) groups is 1. The lowest BCUT2D eigenvalue weighted by molar-refractivity contribution is 0.0977. The molecule has 0 spiro atoms. The van der Waals surface area contributed by atoms with E-state index in [4.69, 9.17) is 26.8 Å². The van der Waals surface area contributed by atoms with Gasteiger partial charge in [0.05, 0.1) is 11.5 Å². The van der Waals surface area contributed by atoms with Crippen LogP contribution < -0.4 is 20.5 Å². The third-order valence-electron chi connectivity index (χ3n) is 3.34. The van der Waals surface area contributed by atoms with E-state index in [0.29, 0.717) is 30.2 Å². The van der Waals surface area contributed by atoms with E-state index in [0.717, 1.165) is 0 Å². The predicted octanol–water partition coefficient (Wildman–Crippen LogP) is 1.49. The standard InChI is InChI=1S/C17H19N3O5S2/c1-24-10-11-25-14-6-2-12(3-7-14)16(21)20-17(26)19-13-4-8-15(9-5-13)27(18,22)23/h2-9H,10-11H2,1H3,(H2,18,22,23)(H2,19,20,21,26). The third kappa shape index (κ3) is 6.61. The summed E-state index contributed by atoms with van der Waals surface area (Å²) in [6.45, 7) is 0.890. The smallest absolute Gasteiger partial charge is 0.257 e. The number of nitrogens with one attached hydrogen (secondary N) is 2. The van der Waals surface area contributed by atoms with Gasteiger partial charge in [-0.05, 0) is 60.7 Å². The average Bonchev–Trinajstić information content (AvgIpc) is 2.62. The number of hydrogen-bond donors (Lipinski definition) is 3. The molecule has 27 heavy (non-hydrogen) atoms. The van der Waals surface area contributed by atoms with Crippen molar-refractivity contribution in [2.75, 3.05) is 25.6 Å². The molecule has 1 amide bonds. The molecule has 8 nitrogen and oxygen atoms in total. The van der Waals surface area contributed by atoms with Crippen molar-refractivity contribution in [1.29, 1.82) is 0 Å². The zero-order valence-corrected chi connectivity index (χ0v) is 16.1.